The predicted octanol–water partition coefficient (Wildman–Crippen LogP) is 1.65. The van der Waals surface area contributed by atoms with Crippen LogP contribution in [0.15, 0.2) is 18.2 Å². The summed E-state index contributed by atoms with van der Waals surface area (Å²) in [6.45, 7) is 2.23. The molecule has 1 rings (SSSR count). The van der Waals surface area contributed by atoms with Crippen molar-refractivity contribution in [2.45, 2.75) is 19.9 Å². The van der Waals surface area contributed by atoms with E-state index in [-0.39, 0.29) is 18.9 Å². The molecule has 82 valence electrons. The fourth-order valence-corrected chi connectivity index (χ4v) is 1.48. The first-order chi connectivity index (χ1) is 7.13. The Bertz CT molecular complexity index is 352. The van der Waals surface area contributed by atoms with Crippen LogP contribution in [0, 0.1) is 6.92 Å². The van der Waals surface area contributed by atoms with E-state index in [1.807, 2.05) is 25.1 Å². The van der Waals surface area contributed by atoms with Crippen molar-refractivity contribution in [3.05, 3.63) is 34.3 Å². The molecule has 3 nitrogen and oxygen atoms in total. The second-order valence-corrected chi connectivity index (χ2v) is 3.75. The standard InChI is InChI=1S/C11H14ClNO2/c1-8-2-3-9(10(12)6-8)7-13-11(15)4-5-14/h2-3,6,14H,4-5,7H2,1H3,(H,13,15). The van der Waals surface area contributed by atoms with Gasteiger partial charge in [0.15, 0.2) is 0 Å². The summed E-state index contributed by atoms with van der Waals surface area (Å²) in [6, 6.07) is 5.69. The molecule has 15 heavy (non-hydrogen) atoms. The molecule has 0 aliphatic carbocycles. The Morgan fingerprint density at radius 1 is 1.53 bits per heavy atom. The highest BCUT2D eigenvalue weighted by atomic mass is 35.5. The molecular formula is C11H14ClNO2. The van der Waals surface area contributed by atoms with Gasteiger partial charge in [-0.05, 0) is 24.1 Å². The molecule has 0 atom stereocenters. The number of amides is 1. The van der Waals surface area contributed by atoms with Crippen molar-refractivity contribution in [3.63, 3.8) is 0 Å². The lowest BCUT2D eigenvalue weighted by Gasteiger charge is -2.06. The minimum absolute atomic E-state index is 0.128. The monoisotopic (exact) mass is 227 g/mol. The number of aliphatic hydroxyl groups is 1. The van der Waals surface area contributed by atoms with E-state index in [0.29, 0.717) is 11.6 Å². The van der Waals surface area contributed by atoms with E-state index >= 15 is 0 Å². The lowest BCUT2D eigenvalue weighted by atomic mass is 10.1. The van der Waals surface area contributed by atoms with E-state index < -0.39 is 0 Å². The summed E-state index contributed by atoms with van der Waals surface area (Å²) in [6.07, 6.45) is 0.128. The molecular weight excluding hydrogens is 214 g/mol. The Kier molecular flexibility index (Phi) is 4.59. The summed E-state index contributed by atoms with van der Waals surface area (Å²) in [4.78, 5) is 11.1. The van der Waals surface area contributed by atoms with E-state index in [4.69, 9.17) is 16.7 Å². The molecule has 0 unspecified atom stereocenters. The SMILES string of the molecule is Cc1ccc(CNC(=O)CCO)c(Cl)c1. The number of halogens is 1. The Hall–Kier alpha value is -1.06. The highest BCUT2D eigenvalue weighted by Gasteiger charge is 2.03. The van der Waals surface area contributed by atoms with Crippen LogP contribution in [0.4, 0.5) is 0 Å². The minimum Gasteiger partial charge on any atom is -0.396 e. The third kappa shape index (κ3) is 3.90. The number of hydrogen-bond donors (Lipinski definition) is 2. The van der Waals surface area contributed by atoms with Crippen molar-refractivity contribution in [3.8, 4) is 0 Å². The quantitative estimate of drug-likeness (QED) is 0.822. The molecule has 4 heteroatoms. The Balaban J connectivity index is 2.54. The highest BCUT2D eigenvalue weighted by molar-refractivity contribution is 6.31. The smallest absolute Gasteiger partial charge is 0.222 e. The number of aliphatic hydroxyl groups excluding tert-OH is 1. The van der Waals surface area contributed by atoms with Crippen LogP contribution < -0.4 is 5.32 Å². The van der Waals surface area contributed by atoms with Crippen molar-refractivity contribution < 1.29 is 9.90 Å². The molecule has 0 aromatic heterocycles. The van der Waals surface area contributed by atoms with Gasteiger partial charge in [-0.15, -0.1) is 0 Å². The third-order valence-corrected chi connectivity index (χ3v) is 2.38. The Morgan fingerprint density at radius 2 is 2.27 bits per heavy atom. The Morgan fingerprint density at radius 3 is 2.87 bits per heavy atom. The lowest BCUT2D eigenvalue weighted by Crippen LogP contribution is -2.23. The molecule has 1 amide bonds. The van der Waals surface area contributed by atoms with Gasteiger partial charge in [0.25, 0.3) is 0 Å². The summed E-state index contributed by atoms with van der Waals surface area (Å²) in [5, 5.41) is 11.9. The molecule has 0 radical (unpaired) electrons. The zero-order valence-electron chi connectivity index (χ0n) is 8.59. The maximum atomic E-state index is 11.1. The lowest BCUT2D eigenvalue weighted by molar-refractivity contribution is -0.121. The molecule has 0 fully saturated rings. The topological polar surface area (TPSA) is 49.3 Å². The molecule has 0 bridgehead atoms. The third-order valence-electron chi connectivity index (χ3n) is 2.02. The first-order valence-electron chi connectivity index (χ1n) is 4.76. The minimum atomic E-state index is -0.172. The van der Waals surface area contributed by atoms with Gasteiger partial charge in [0, 0.05) is 18.0 Å². The fourth-order valence-electron chi connectivity index (χ4n) is 1.18. The van der Waals surface area contributed by atoms with E-state index in [1.54, 1.807) is 0 Å². The number of rotatable bonds is 4. The van der Waals surface area contributed by atoms with Gasteiger partial charge < -0.3 is 10.4 Å². The summed E-state index contributed by atoms with van der Waals surface area (Å²) in [5.74, 6) is -0.172. The summed E-state index contributed by atoms with van der Waals surface area (Å²) in [5.41, 5.74) is 1.97. The average Bonchev–Trinajstić information content (AvgIpc) is 2.17. The van der Waals surface area contributed by atoms with E-state index in [0.717, 1.165) is 11.1 Å². The van der Waals surface area contributed by atoms with Gasteiger partial charge in [0.2, 0.25) is 5.91 Å². The summed E-state index contributed by atoms with van der Waals surface area (Å²) < 4.78 is 0. The average molecular weight is 228 g/mol. The zero-order valence-corrected chi connectivity index (χ0v) is 9.34. The van der Waals surface area contributed by atoms with Crippen LogP contribution >= 0.6 is 11.6 Å². The number of hydrogen-bond acceptors (Lipinski definition) is 2. The molecule has 1 aromatic rings. The van der Waals surface area contributed by atoms with Crippen molar-refractivity contribution in [2.24, 2.45) is 0 Å². The van der Waals surface area contributed by atoms with Crippen LogP contribution in [0.5, 0.6) is 0 Å². The van der Waals surface area contributed by atoms with Gasteiger partial charge in [-0.1, -0.05) is 23.7 Å². The van der Waals surface area contributed by atoms with Gasteiger partial charge >= 0.3 is 0 Å². The van der Waals surface area contributed by atoms with Crippen LogP contribution in [0.25, 0.3) is 0 Å². The molecule has 0 aliphatic heterocycles. The molecule has 0 saturated heterocycles. The van der Waals surface area contributed by atoms with Gasteiger partial charge in [0.05, 0.1) is 6.61 Å². The molecule has 0 saturated carbocycles. The zero-order chi connectivity index (χ0) is 11.3. The molecule has 2 N–H and O–H groups in total. The molecule has 0 spiro atoms. The molecule has 1 aromatic carbocycles. The van der Waals surface area contributed by atoms with E-state index in [2.05, 4.69) is 5.32 Å². The van der Waals surface area contributed by atoms with Gasteiger partial charge in [0.1, 0.15) is 0 Å². The van der Waals surface area contributed by atoms with Crippen molar-refractivity contribution in [2.75, 3.05) is 6.61 Å². The van der Waals surface area contributed by atoms with Gasteiger partial charge in [-0.3, -0.25) is 4.79 Å². The van der Waals surface area contributed by atoms with E-state index in [1.165, 1.54) is 0 Å². The largest absolute Gasteiger partial charge is 0.396 e. The number of carbonyl (C=O) groups is 1. The second kappa shape index (κ2) is 5.73. The Labute approximate surface area is 94.1 Å². The highest BCUT2D eigenvalue weighted by Crippen LogP contribution is 2.17. The first kappa shape index (κ1) is 12.0. The van der Waals surface area contributed by atoms with Crippen LogP contribution in [-0.4, -0.2) is 17.6 Å². The molecule has 0 aliphatic rings. The summed E-state index contributed by atoms with van der Waals surface area (Å²) >= 11 is 5.99. The maximum absolute atomic E-state index is 11.1. The summed E-state index contributed by atoms with van der Waals surface area (Å²) in [7, 11) is 0. The van der Waals surface area contributed by atoms with Gasteiger partial charge in [-0.2, -0.15) is 0 Å². The number of benzene rings is 1. The van der Waals surface area contributed by atoms with Crippen molar-refractivity contribution in [1.29, 1.82) is 0 Å². The number of aryl methyl sites for hydroxylation is 1. The van der Waals surface area contributed by atoms with Crippen LogP contribution in [0.2, 0.25) is 5.02 Å². The first-order valence-corrected chi connectivity index (χ1v) is 5.14. The number of nitrogens with one attached hydrogen (secondary N) is 1. The van der Waals surface area contributed by atoms with E-state index in [9.17, 15) is 4.79 Å². The predicted molar refractivity (Wildman–Crippen MR) is 59.7 cm³/mol. The maximum Gasteiger partial charge on any atom is 0.222 e. The van der Waals surface area contributed by atoms with Crippen molar-refractivity contribution >= 4 is 17.5 Å². The number of carbonyl (C=O) groups excluding carboxylic acids is 1. The van der Waals surface area contributed by atoms with Crippen LogP contribution in [0.1, 0.15) is 17.5 Å². The molecule has 0 heterocycles. The fraction of sp³-hybridized carbons (Fsp3) is 0.364. The van der Waals surface area contributed by atoms with Crippen molar-refractivity contribution in [1.82, 2.24) is 5.32 Å². The van der Waals surface area contributed by atoms with Crippen LogP contribution in [-0.2, 0) is 11.3 Å². The second-order valence-electron chi connectivity index (χ2n) is 3.35. The van der Waals surface area contributed by atoms with Crippen LogP contribution in [0.3, 0.4) is 0 Å². The normalized spacial score (nSPS) is 10.1. The van der Waals surface area contributed by atoms with Gasteiger partial charge in [-0.25, -0.2) is 0 Å².